The van der Waals surface area contributed by atoms with Gasteiger partial charge in [0.15, 0.2) is 0 Å². The number of hydrogen-bond donors (Lipinski definition) is 2. The van der Waals surface area contributed by atoms with Gasteiger partial charge in [-0.3, -0.25) is 0 Å². The normalized spacial score (nSPS) is 12.6. The molecule has 0 fully saturated rings. The third kappa shape index (κ3) is 2.50. The summed E-state index contributed by atoms with van der Waals surface area (Å²) in [5.74, 6) is 0.686. The third-order valence-electron chi connectivity index (χ3n) is 3.33. The zero-order valence-electron chi connectivity index (χ0n) is 11.4. The van der Waals surface area contributed by atoms with E-state index in [1.54, 1.807) is 12.1 Å². The van der Waals surface area contributed by atoms with E-state index in [1.807, 2.05) is 38.1 Å². The molecule has 20 heavy (non-hydrogen) atoms. The van der Waals surface area contributed by atoms with Crippen LogP contribution in [0.2, 0.25) is 0 Å². The quantitative estimate of drug-likeness (QED) is 0.748. The Kier molecular flexibility index (Phi) is 3.14. The molecule has 3 rings (SSSR count). The highest BCUT2D eigenvalue weighted by atomic mass is 19.1. The summed E-state index contributed by atoms with van der Waals surface area (Å²) in [6.07, 6.45) is 0. The maximum Gasteiger partial charge on any atom is 0.123 e. The summed E-state index contributed by atoms with van der Waals surface area (Å²) in [5, 5.41) is 3.37. The molecule has 4 heteroatoms. The van der Waals surface area contributed by atoms with Gasteiger partial charge in [-0.2, -0.15) is 0 Å². The minimum atomic E-state index is -0.212. The van der Waals surface area contributed by atoms with E-state index in [4.69, 9.17) is 0 Å². The molecule has 3 aromatic rings. The Morgan fingerprint density at radius 3 is 2.85 bits per heavy atom. The summed E-state index contributed by atoms with van der Waals surface area (Å²) >= 11 is 0. The molecule has 0 aliphatic heterocycles. The number of aromatic amines is 1. The molecule has 3 nitrogen and oxygen atoms in total. The van der Waals surface area contributed by atoms with Crippen molar-refractivity contribution in [2.75, 3.05) is 5.32 Å². The predicted molar refractivity (Wildman–Crippen MR) is 79.3 cm³/mol. The fourth-order valence-electron chi connectivity index (χ4n) is 2.34. The highest BCUT2D eigenvalue weighted by Gasteiger charge is 2.07. The van der Waals surface area contributed by atoms with Crippen molar-refractivity contribution in [3.05, 3.63) is 59.7 Å². The van der Waals surface area contributed by atoms with Crippen molar-refractivity contribution in [1.82, 2.24) is 9.97 Å². The molecular formula is C16H16FN3. The Hall–Kier alpha value is -2.36. The number of hydrogen-bond acceptors (Lipinski definition) is 2. The van der Waals surface area contributed by atoms with Crippen LogP contribution in [0.25, 0.3) is 11.0 Å². The summed E-state index contributed by atoms with van der Waals surface area (Å²) in [5.41, 5.74) is 3.86. The van der Waals surface area contributed by atoms with Gasteiger partial charge in [-0.15, -0.1) is 0 Å². The second kappa shape index (κ2) is 4.96. The van der Waals surface area contributed by atoms with Crippen molar-refractivity contribution in [2.24, 2.45) is 0 Å². The average molecular weight is 269 g/mol. The summed E-state index contributed by atoms with van der Waals surface area (Å²) < 4.78 is 13.2. The van der Waals surface area contributed by atoms with Gasteiger partial charge in [0.2, 0.25) is 0 Å². The number of aryl methyl sites for hydroxylation is 1. The predicted octanol–water partition coefficient (Wildman–Crippen LogP) is 4.18. The Bertz CT molecular complexity index is 748. The van der Waals surface area contributed by atoms with Crippen LogP contribution in [0.4, 0.5) is 10.1 Å². The van der Waals surface area contributed by atoms with Gasteiger partial charge in [-0.25, -0.2) is 9.37 Å². The standard InChI is InChI=1S/C16H16FN3/c1-10(12-4-3-5-13(17)8-12)18-14-6-7-15-16(9-14)20-11(2)19-15/h3-10,18H,1-2H3,(H,19,20). The molecule has 2 aromatic carbocycles. The van der Waals surface area contributed by atoms with Crippen LogP contribution in [0.1, 0.15) is 24.4 Å². The minimum Gasteiger partial charge on any atom is -0.378 e. The number of nitrogens with one attached hydrogen (secondary N) is 2. The van der Waals surface area contributed by atoms with Gasteiger partial charge in [-0.05, 0) is 49.7 Å². The number of aromatic nitrogens is 2. The summed E-state index contributed by atoms with van der Waals surface area (Å²) in [7, 11) is 0. The van der Waals surface area contributed by atoms with E-state index in [0.717, 1.165) is 28.1 Å². The van der Waals surface area contributed by atoms with Crippen molar-refractivity contribution < 1.29 is 4.39 Å². The number of halogens is 1. The maximum absolute atomic E-state index is 13.2. The molecule has 1 atom stereocenters. The molecule has 0 amide bonds. The van der Waals surface area contributed by atoms with Crippen molar-refractivity contribution in [3.8, 4) is 0 Å². The van der Waals surface area contributed by atoms with E-state index in [-0.39, 0.29) is 11.9 Å². The first-order valence-electron chi connectivity index (χ1n) is 6.60. The lowest BCUT2D eigenvalue weighted by atomic mass is 10.1. The first-order valence-corrected chi connectivity index (χ1v) is 6.60. The number of anilines is 1. The molecule has 0 spiro atoms. The van der Waals surface area contributed by atoms with Crippen LogP contribution in [0.5, 0.6) is 0 Å². The van der Waals surface area contributed by atoms with E-state index >= 15 is 0 Å². The van der Waals surface area contributed by atoms with E-state index in [1.165, 1.54) is 6.07 Å². The Morgan fingerprint density at radius 2 is 2.05 bits per heavy atom. The Balaban J connectivity index is 1.85. The second-order valence-corrected chi connectivity index (χ2v) is 4.98. The van der Waals surface area contributed by atoms with Crippen molar-refractivity contribution in [1.29, 1.82) is 0 Å². The van der Waals surface area contributed by atoms with Gasteiger partial charge in [0, 0.05) is 11.7 Å². The topological polar surface area (TPSA) is 40.7 Å². The largest absolute Gasteiger partial charge is 0.378 e. The fraction of sp³-hybridized carbons (Fsp3) is 0.188. The minimum absolute atomic E-state index is 0.0344. The van der Waals surface area contributed by atoms with Crippen molar-refractivity contribution >= 4 is 16.7 Å². The number of rotatable bonds is 3. The van der Waals surface area contributed by atoms with Crippen LogP contribution in [0.15, 0.2) is 42.5 Å². The van der Waals surface area contributed by atoms with Gasteiger partial charge in [-0.1, -0.05) is 12.1 Å². The molecule has 1 unspecified atom stereocenters. The molecule has 1 aromatic heterocycles. The number of H-pyrrole nitrogens is 1. The maximum atomic E-state index is 13.2. The van der Waals surface area contributed by atoms with Gasteiger partial charge >= 0.3 is 0 Å². The van der Waals surface area contributed by atoms with E-state index < -0.39 is 0 Å². The lowest BCUT2D eigenvalue weighted by Gasteiger charge is -2.15. The first-order chi connectivity index (χ1) is 9.61. The van der Waals surface area contributed by atoms with Crippen molar-refractivity contribution in [2.45, 2.75) is 19.9 Å². The highest BCUT2D eigenvalue weighted by Crippen LogP contribution is 2.22. The van der Waals surface area contributed by atoms with Crippen LogP contribution >= 0.6 is 0 Å². The smallest absolute Gasteiger partial charge is 0.123 e. The lowest BCUT2D eigenvalue weighted by Crippen LogP contribution is -2.06. The first kappa shape index (κ1) is 12.7. The highest BCUT2D eigenvalue weighted by molar-refractivity contribution is 5.79. The Morgan fingerprint density at radius 1 is 1.20 bits per heavy atom. The van der Waals surface area contributed by atoms with Crippen LogP contribution in [0.3, 0.4) is 0 Å². The van der Waals surface area contributed by atoms with Gasteiger partial charge < -0.3 is 10.3 Å². The zero-order chi connectivity index (χ0) is 14.1. The van der Waals surface area contributed by atoms with Gasteiger partial charge in [0.05, 0.1) is 11.0 Å². The molecule has 0 aliphatic carbocycles. The molecule has 0 saturated heterocycles. The van der Waals surface area contributed by atoms with E-state index in [0.29, 0.717) is 0 Å². The van der Waals surface area contributed by atoms with E-state index in [2.05, 4.69) is 15.3 Å². The monoisotopic (exact) mass is 269 g/mol. The van der Waals surface area contributed by atoms with Crippen LogP contribution in [-0.2, 0) is 0 Å². The molecular weight excluding hydrogens is 253 g/mol. The second-order valence-electron chi connectivity index (χ2n) is 4.98. The number of imidazole rings is 1. The van der Waals surface area contributed by atoms with Crippen LogP contribution in [-0.4, -0.2) is 9.97 Å². The fourth-order valence-corrected chi connectivity index (χ4v) is 2.34. The molecule has 1 heterocycles. The number of benzene rings is 2. The molecule has 102 valence electrons. The van der Waals surface area contributed by atoms with Crippen LogP contribution in [0, 0.1) is 12.7 Å². The molecule has 0 bridgehead atoms. The van der Waals surface area contributed by atoms with E-state index in [9.17, 15) is 4.39 Å². The lowest BCUT2D eigenvalue weighted by molar-refractivity contribution is 0.623. The Labute approximate surface area is 116 Å². The molecule has 0 aliphatic rings. The third-order valence-corrected chi connectivity index (χ3v) is 3.33. The molecule has 0 saturated carbocycles. The summed E-state index contributed by atoms with van der Waals surface area (Å²) in [6.45, 7) is 3.94. The average Bonchev–Trinajstić information content (AvgIpc) is 2.78. The number of nitrogens with zero attached hydrogens (tertiary/aromatic N) is 1. The zero-order valence-corrected chi connectivity index (χ0v) is 11.4. The molecule has 2 N–H and O–H groups in total. The molecule has 0 radical (unpaired) electrons. The SMILES string of the molecule is Cc1nc2ccc(NC(C)c3cccc(F)c3)cc2[nH]1. The van der Waals surface area contributed by atoms with Gasteiger partial charge in [0.1, 0.15) is 11.6 Å². The van der Waals surface area contributed by atoms with Gasteiger partial charge in [0.25, 0.3) is 0 Å². The van der Waals surface area contributed by atoms with Crippen LogP contribution < -0.4 is 5.32 Å². The van der Waals surface area contributed by atoms with Crippen molar-refractivity contribution in [3.63, 3.8) is 0 Å². The summed E-state index contributed by atoms with van der Waals surface area (Å²) in [6, 6.07) is 12.7. The summed E-state index contributed by atoms with van der Waals surface area (Å²) in [4.78, 5) is 7.58. The number of fused-ring (bicyclic) bond motifs is 1.